The molecule has 0 aliphatic carbocycles. The number of para-hydroxylation sites is 1. The molecule has 0 spiro atoms. The summed E-state index contributed by atoms with van der Waals surface area (Å²) in [7, 11) is 0. The maximum absolute atomic E-state index is 12.7. The number of alkyl halides is 3. The number of nitrogens with one attached hydrogen (secondary N) is 2. The number of benzene rings is 2. The first-order valence-corrected chi connectivity index (χ1v) is 7.67. The van der Waals surface area contributed by atoms with Crippen molar-refractivity contribution < 1.29 is 18.1 Å². The highest BCUT2D eigenvalue weighted by Gasteiger charge is 2.31. The van der Waals surface area contributed by atoms with Gasteiger partial charge in [0.05, 0.1) is 33.0 Å². The maximum atomic E-state index is 12.7. The molecule has 0 bridgehead atoms. The molecule has 0 unspecified atom stereocenters. The van der Waals surface area contributed by atoms with Crippen molar-refractivity contribution in [2.75, 3.05) is 5.32 Å². The number of hydrogen-bond acceptors (Lipinski definition) is 4. The van der Waals surface area contributed by atoms with Gasteiger partial charge < -0.3 is 5.32 Å². The van der Waals surface area contributed by atoms with Crippen molar-refractivity contribution in [1.82, 2.24) is 5.43 Å². The van der Waals surface area contributed by atoms with E-state index < -0.39 is 16.7 Å². The van der Waals surface area contributed by atoms with Gasteiger partial charge in [0.1, 0.15) is 0 Å². The summed E-state index contributed by atoms with van der Waals surface area (Å²) in [5.74, 6) is 0. The van der Waals surface area contributed by atoms with Crippen molar-refractivity contribution in [2.45, 2.75) is 6.18 Å². The van der Waals surface area contributed by atoms with Gasteiger partial charge in [0, 0.05) is 6.07 Å². The van der Waals surface area contributed by atoms with E-state index in [9.17, 15) is 23.3 Å². The van der Waals surface area contributed by atoms with Gasteiger partial charge in [0.15, 0.2) is 5.11 Å². The second-order valence-electron chi connectivity index (χ2n) is 4.83. The van der Waals surface area contributed by atoms with Crippen LogP contribution in [0.4, 0.5) is 24.5 Å². The van der Waals surface area contributed by atoms with E-state index in [1.54, 1.807) is 6.07 Å². The topological polar surface area (TPSA) is 79.6 Å². The number of rotatable bonds is 4. The number of anilines is 1. The molecule has 26 heavy (non-hydrogen) atoms. The molecule has 2 aromatic carbocycles. The highest BCUT2D eigenvalue weighted by atomic mass is 35.5. The van der Waals surface area contributed by atoms with Crippen LogP contribution in [0, 0.1) is 10.1 Å². The van der Waals surface area contributed by atoms with Crippen molar-refractivity contribution in [3.63, 3.8) is 0 Å². The van der Waals surface area contributed by atoms with E-state index in [1.807, 2.05) is 0 Å². The fourth-order valence-corrected chi connectivity index (χ4v) is 2.20. The number of nitro groups is 1. The molecule has 0 aliphatic heterocycles. The molecule has 0 aliphatic rings. The van der Waals surface area contributed by atoms with Crippen molar-refractivity contribution >= 4 is 46.5 Å². The van der Waals surface area contributed by atoms with Crippen LogP contribution >= 0.6 is 23.8 Å². The molecular weight excluding hydrogens is 393 g/mol. The summed E-state index contributed by atoms with van der Waals surface area (Å²) in [5, 5.41) is 17.0. The molecule has 6 nitrogen and oxygen atoms in total. The molecule has 2 N–H and O–H groups in total. The molecule has 0 heterocycles. The van der Waals surface area contributed by atoms with Gasteiger partial charge in [-0.15, -0.1) is 0 Å². The van der Waals surface area contributed by atoms with E-state index in [1.165, 1.54) is 24.4 Å². The van der Waals surface area contributed by atoms with Crippen LogP contribution in [0.15, 0.2) is 47.6 Å². The summed E-state index contributed by atoms with van der Waals surface area (Å²) in [4.78, 5) is 10.3. The third-order valence-electron chi connectivity index (χ3n) is 3.05. The second kappa shape index (κ2) is 8.11. The first-order valence-electron chi connectivity index (χ1n) is 6.88. The zero-order valence-electron chi connectivity index (χ0n) is 12.7. The minimum Gasteiger partial charge on any atom is -0.330 e. The van der Waals surface area contributed by atoms with Gasteiger partial charge in [0.2, 0.25) is 0 Å². The zero-order chi connectivity index (χ0) is 19.3. The monoisotopic (exact) mass is 402 g/mol. The first-order chi connectivity index (χ1) is 12.2. The quantitative estimate of drug-likeness (QED) is 0.338. The lowest BCUT2D eigenvalue weighted by Crippen LogP contribution is -2.24. The normalized spacial score (nSPS) is 11.4. The van der Waals surface area contributed by atoms with E-state index in [0.29, 0.717) is 0 Å². The van der Waals surface area contributed by atoms with Gasteiger partial charge >= 0.3 is 6.18 Å². The molecular formula is C15H10ClF3N4O2S. The zero-order valence-corrected chi connectivity index (χ0v) is 14.3. The fourth-order valence-electron chi connectivity index (χ4n) is 1.87. The van der Waals surface area contributed by atoms with Crippen molar-refractivity contribution in [3.05, 3.63) is 68.7 Å². The van der Waals surface area contributed by atoms with Crippen molar-refractivity contribution in [2.24, 2.45) is 5.10 Å². The maximum Gasteiger partial charge on any atom is 0.416 e. The lowest BCUT2D eigenvalue weighted by Gasteiger charge is -2.12. The van der Waals surface area contributed by atoms with Crippen LogP contribution in [0.2, 0.25) is 5.02 Å². The standard InChI is InChI=1S/C15H10ClF3N4O2S/c16-11-6-5-10(15(17,18)19)7-12(11)21-14(26)22-20-8-9-3-1-2-4-13(9)23(24)25/h1-8H,(H2,21,22,26). The molecule has 0 amide bonds. The third-order valence-corrected chi connectivity index (χ3v) is 3.57. The number of thiocarbonyl (C=S) groups is 1. The smallest absolute Gasteiger partial charge is 0.330 e. The molecule has 0 atom stereocenters. The minimum atomic E-state index is -4.53. The largest absolute Gasteiger partial charge is 0.416 e. The predicted molar refractivity (Wildman–Crippen MR) is 96.5 cm³/mol. The Morgan fingerprint density at radius 1 is 1.27 bits per heavy atom. The summed E-state index contributed by atoms with van der Waals surface area (Å²) in [5.41, 5.74) is 1.48. The second-order valence-corrected chi connectivity index (χ2v) is 5.65. The average molecular weight is 403 g/mol. The highest BCUT2D eigenvalue weighted by molar-refractivity contribution is 7.80. The number of halogens is 4. The Kier molecular flexibility index (Phi) is 6.11. The van der Waals surface area contributed by atoms with Gasteiger partial charge in [-0.3, -0.25) is 15.5 Å². The minimum absolute atomic E-state index is 0.0322. The van der Waals surface area contributed by atoms with Crippen LogP contribution in [0.3, 0.4) is 0 Å². The SMILES string of the molecule is O=[N+]([O-])c1ccccc1C=NNC(=S)Nc1cc(C(F)(F)F)ccc1Cl. The van der Waals surface area contributed by atoms with Gasteiger partial charge in [-0.05, 0) is 36.5 Å². The van der Waals surface area contributed by atoms with E-state index in [2.05, 4.69) is 15.8 Å². The van der Waals surface area contributed by atoms with E-state index in [0.717, 1.165) is 18.2 Å². The third kappa shape index (κ3) is 5.14. The Bertz CT molecular complexity index is 874. The molecule has 0 fully saturated rings. The van der Waals surface area contributed by atoms with E-state index in [-0.39, 0.29) is 27.1 Å². The lowest BCUT2D eigenvalue weighted by molar-refractivity contribution is -0.385. The predicted octanol–water partition coefficient (Wildman–Crippen LogP) is 4.59. The summed E-state index contributed by atoms with van der Waals surface area (Å²) in [6.45, 7) is 0. The Hall–Kier alpha value is -2.72. The van der Waals surface area contributed by atoms with Crippen molar-refractivity contribution in [1.29, 1.82) is 0 Å². The van der Waals surface area contributed by atoms with Gasteiger partial charge in [-0.25, -0.2) is 0 Å². The highest BCUT2D eigenvalue weighted by Crippen LogP contribution is 2.33. The van der Waals surface area contributed by atoms with Crippen LogP contribution in [-0.4, -0.2) is 16.3 Å². The molecule has 0 saturated carbocycles. The van der Waals surface area contributed by atoms with Crippen LogP contribution in [-0.2, 0) is 6.18 Å². The van der Waals surface area contributed by atoms with Gasteiger partial charge in [0.25, 0.3) is 5.69 Å². The molecule has 11 heteroatoms. The van der Waals surface area contributed by atoms with Crippen LogP contribution < -0.4 is 10.7 Å². The average Bonchev–Trinajstić information content (AvgIpc) is 2.56. The number of hydrazone groups is 1. The summed E-state index contributed by atoms with van der Waals surface area (Å²) in [6.07, 6.45) is -3.36. The van der Waals surface area contributed by atoms with Crippen LogP contribution in [0.1, 0.15) is 11.1 Å². The van der Waals surface area contributed by atoms with Crippen LogP contribution in [0.25, 0.3) is 0 Å². The number of hydrogen-bond donors (Lipinski definition) is 2. The first kappa shape index (κ1) is 19.6. The fraction of sp³-hybridized carbons (Fsp3) is 0.0667. The van der Waals surface area contributed by atoms with Gasteiger partial charge in [-0.1, -0.05) is 23.7 Å². The van der Waals surface area contributed by atoms with E-state index >= 15 is 0 Å². The molecule has 0 aromatic heterocycles. The molecule has 0 saturated heterocycles. The van der Waals surface area contributed by atoms with Gasteiger partial charge in [-0.2, -0.15) is 18.3 Å². The van der Waals surface area contributed by atoms with Crippen molar-refractivity contribution in [3.8, 4) is 0 Å². The Morgan fingerprint density at radius 2 is 1.96 bits per heavy atom. The Morgan fingerprint density at radius 3 is 2.62 bits per heavy atom. The Balaban J connectivity index is 2.07. The molecule has 0 radical (unpaired) electrons. The lowest BCUT2D eigenvalue weighted by atomic mass is 10.2. The number of nitrogens with zero attached hydrogens (tertiary/aromatic N) is 2. The number of nitro benzene ring substituents is 1. The summed E-state index contributed by atoms with van der Waals surface area (Å²) in [6, 6.07) is 8.62. The molecule has 2 aromatic rings. The van der Waals surface area contributed by atoms with Crippen LogP contribution in [0.5, 0.6) is 0 Å². The summed E-state index contributed by atoms with van der Waals surface area (Å²) < 4.78 is 38.2. The molecule has 2 rings (SSSR count). The Labute approximate surface area is 155 Å². The van der Waals surface area contributed by atoms with E-state index in [4.69, 9.17) is 23.8 Å². The summed E-state index contributed by atoms with van der Waals surface area (Å²) >= 11 is 10.8. The molecule has 136 valence electrons.